The molecule has 0 spiro atoms. The third-order valence-corrected chi connectivity index (χ3v) is 6.54. The summed E-state index contributed by atoms with van der Waals surface area (Å²) in [6.07, 6.45) is 1.90. The molecule has 1 fully saturated rings. The van der Waals surface area contributed by atoms with Crippen molar-refractivity contribution >= 4 is 17.9 Å². The molecule has 1 aliphatic heterocycles. The average Bonchev–Trinajstić information content (AvgIpc) is 2.80. The number of amides is 3. The number of β-lactam (4-membered cyclic amide) rings is 1. The molecule has 7 heteroatoms. The fourth-order valence-corrected chi connectivity index (χ4v) is 4.33. The summed E-state index contributed by atoms with van der Waals surface area (Å²) in [5.41, 5.74) is 1.46. The molecule has 2 atom stereocenters. The number of hydrogen-bond acceptors (Lipinski definition) is 4. The normalized spacial score (nSPS) is 17.8. The number of rotatable bonds is 9. The number of urea groups is 1. The van der Waals surface area contributed by atoms with Crippen LogP contribution in [0.5, 0.6) is 5.75 Å². The Bertz CT molecular complexity index is 996. The fraction of sp³-hybridized carbons (Fsp3) is 0.423. The van der Waals surface area contributed by atoms with E-state index in [1.165, 1.54) is 12.1 Å². The molecule has 1 aliphatic rings. The summed E-state index contributed by atoms with van der Waals surface area (Å²) in [4.78, 5) is 38.7. The number of likely N-dealkylation sites (tertiary alicyclic amines) is 1. The molecule has 0 unspecified atom stereocenters. The van der Waals surface area contributed by atoms with E-state index < -0.39 is 23.6 Å². The van der Waals surface area contributed by atoms with E-state index in [9.17, 15) is 14.4 Å². The zero-order chi connectivity index (χ0) is 24.2. The zero-order valence-electron chi connectivity index (χ0n) is 19.6. The van der Waals surface area contributed by atoms with Gasteiger partial charge in [0.15, 0.2) is 6.23 Å². The zero-order valence-corrected chi connectivity index (χ0v) is 19.6. The van der Waals surface area contributed by atoms with Crippen molar-refractivity contribution in [2.75, 3.05) is 0 Å². The van der Waals surface area contributed by atoms with Gasteiger partial charge in [0.1, 0.15) is 11.2 Å². The number of imide groups is 1. The predicted molar refractivity (Wildman–Crippen MR) is 125 cm³/mol. The topological polar surface area (TPSA) is 95.9 Å². The van der Waals surface area contributed by atoms with E-state index in [1.54, 1.807) is 12.1 Å². The largest absolute Gasteiger partial charge is 0.478 e. The van der Waals surface area contributed by atoms with Crippen molar-refractivity contribution in [1.29, 1.82) is 0 Å². The predicted octanol–water partition coefficient (Wildman–Crippen LogP) is 5.30. The molecule has 33 heavy (non-hydrogen) atoms. The van der Waals surface area contributed by atoms with E-state index in [4.69, 9.17) is 9.84 Å². The summed E-state index contributed by atoms with van der Waals surface area (Å²) in [6.45, 7) is 7.88. The lowest BCUT2D eigenvalue weighted by molar-refractivity contribution is -0.191. The molecule has 7 nitrogen and oxygen atoms in total. The van der Waals surface area contributed by atoms with Crippen LogP contribution in [0.4, 0.5) is 4.79 Å². The summed E-state index contributed by atoms with van der Waals surface area (Å²) >= 11 is 0. The van der Waals surface area contributed by atoms with Crippen molar-refractivity contribution in [3.05, 3.63) is 65.2 Å². The van der Waals surface area contributed by atoms with Crippen molar-refractivity contribution in [2.45, 2.75) is 65.6 Å². The first kappa shape index (κ1) is 24.3. The SMILES string of the molecule is CCC[C@H](NC(=O)N1C(=O)C(CC)(CC)[C@H]1Oc1ccc(C(=O)O)cc1)c1ccc(C)cc1. The first-order valence-corrected chi connectivity index (χ1v) is 11.5. The van der Waals surface area contributed by atoms with Gasteiger partial charge in [-0.3, -0.25) is 4.79 Å². The van der Waals surface area contributed by atoms with Crippen molar-refractivity contribution < 1.29 is 24.2 Å². The maximum Gasteiger partial charge on any atom is 0.335 e. The van der Waals surface area contributed by atoms with E-state index in [2.05, 4.69) is 5.32 Å². The van der Waals surface area contributed by atoms with Gasteiger partial charge in [0.2, 0.25) is 5.91 Å². The smallest absolute Gasteiger partial charge is 0.335 e. The molecule has 2 N–H and O–H groups in total. The van der Waals surface area contributed by atoms with Gasteiger partial charge in [0, 0.05) is 0 Å². The number of aryl methyl sites for hydroxylation is 1. The molecule has 3 amide bonds. The second-order valence-electron chi connectivity index (χ2n) is 8.54. The lowest BCUT2D eigenvalue weighted by Gasteiger charge is -2.53. The number of carboxylic acid groups (broad SMARTS) is 1. The van der Waals surface area contributed by atoms with Crippen LogP contribution >= 0.6 is 0 Å². The minimum Gasteiger partial charge on any atom is -0.478 e. The van der Waals surface area contributed by atoms with Gasteiger partial charge in [-0.2, -0.15) is 0 Å². The van der Waals surface area contributed by atoms with Gasteiger partial charge in [-0.15, -0.1) is 0 Å². The lowest BCUT2D eigenvalue weighted by atomic mass is 9.72. The Morgan fingerprint density at radius 1 is 1.06 bits per heavy atom. The fourth-order valence-electron chi connectivity index (χ4n) is 4.33. The third kappa shape index (κ3) is 4.72. The van der Waals surface area contributed by atoms with Gasteiger partial charge in [-0.25, -0.2) is 14.5 Å². The van der Waals surface area contributed by atoms with Crippen LogP contribution in [0.15, 0.2) is 48.5 Å². The molecule has 176 valence electrons. The van der Waals surface area contributed by atoms with Crippen LogP contribution in [0.3, 0.4) is 0 Å². The molecule has 3 rings (SSSR count). The number of carboxylic acids is 1. The molecule has 0 aliphatic carbocycles. The Morgan fingerprint density at radius 2 is 1.67 bits per heavy atom. The van der Waals surface area contributed by atoms with Gasteiger partial charge in [-0.1, -0.05) is 57.0 Å². The second-order valence-corrected chi connectivity index (χ2v) is 8.54. The van der Waals surface area contributed by atoms with E-state index in [-0.39, 0.29) is 17.5 Å². The van der Waals surface area contributed by atoms with Crippen molar-refractivity contribution in [3.8, 4) is 5.75 Å². The van der Waals surface area contributed by atoms with Crippen LogP contribution in [0, 0.1) is 12.3 Å². The average molecular weight is 453 g/mol. The molecule has 0 aromatic heterocycles. The van der Waals surface area contributed by atoms with Gasteiger partial charge in [-0.05, 0) is 56.0 Å². The van der Waals surface area contributed by atoms with Crippen LogP contribution in [-0.2, 0) is 4.79 Å². The maximum atomic E-state index is 13.3. The third-order valence-electron chi connectivity index (χ3n) is 6.54. The minimum absolute atomic E-state index is 0.138. The van der Waals surface area contributed by atoms with Gasteiger partial charge in [0.05, 0.1) is 11.6 Å². The highest BCUT2D eigenvalue weighted by atomic mass is 16.5. The van der Waals surface area contributed by atoms with Crippen LogP contribution in [0.1, 0.15) is 74.0 Å². The Hall–Kier alpha value is -3.35. The molecular weight excluding hydrogens is 420 g/mol. The van der Waals surface area contributed by atoms with E-state index >= 15 is 0 Å². The number of nitrogens with zero attached hydrogens (tertiary/aromatic N) is 1. The highest BCUT2D eigenvalue weighted by molar-refractivity contribution is 6.03. The summed E-state index contributed by atoms with van der Waals surface area (Å²) < 4.78 is 6.10. The Labute approximate surface area is 194 Å². The summed E-state index contributed by atoms with van der Waals surface area (Å²) in [5.74, 6) is -0.877. The van der Waals surface area contributed by atoms with Gasteiger partial charge < -0.3 is 15.2 Å². The highest BCUT2D eigenvalue weighted by Crippen LogP contribution is 2.46. The number of nitrogens with one attached hydrogen (secondary N) is 1. The first-order valence-electron chi connectivity index (χ1n) is 11.5. The Morgan fingerprint density at radius 3 is 2.18 bits per heavy atom. The Balaban J connectivity index is 1.83. The summed E-state index contributed by atoms with van der Waals surface area (Å²) in [6, 6.07) is 13.3. The van der Waals surface area contributed by atoms with E-state index in [0.717, 1.165) is 28.9 Å². The number of benzene rings is 2. The molecule has 0 bridgehead atoms. The van der Waals surface area contributed by atoms with Crippen LogP contribution in [0.2, 0.25) is 0 Å². The van der Waals surface area contributed by atoms with E-state index in [1.807, 2.05) is 52.0 Å². The molecule has 1 saturated heterocycles. The molecule has 2 aromatic rings. The van der Waals surface area contributed by atoms with Gasteiger partial charge in [0.25, 0.3) is 0 Å². The van der Waals surface area contributed by atoms with Crippen LogP contribution < -0.4 is 10.1 Å². The molecule has 0 saturated carbocycles. The van der Waals surface area contributed by atoms with Crippen LogP contribution in [-0.4, -0.2) is 34.1 Å². The molecule has 0 radical (unpaired) electrons. The minimum atomic E-state index is -1.03. The van der Waals surface area contributed by atoms with Crippen molar-refractivity contribution in [3.63, 3.8) is 0 Å². The lowest BCUT2D eigenvalue weighted by Crippen LogP contribution is -2.73. The molecule has 1 heterocycles. The number of hydrogen-bond donors (Lipinski definition) is 2. The van der Waals surface area contributed by atoms with Crippen molar-refractivity contribution in [1.82, 2.24) is 10.2 Å². The second kappa shape index (κ2) is 10.1. The van der Waals surface area contributed by atoms with Crippen molar-refractivity contribution in [2.24, 2.45) is 5.41 Å². The number of carbonyl (C=O) groups is 3. The Kier molecular flexibility index (Phi) is 7.41. The number of carbonyl (C=O) groups excluding carboxylic acids is 2. The summed E-state index contributed by atoms with van der Waals surface area (Å²) in [7, 11) is 0. The number of aromatic carboxylic acids is 1. The standard InChI is InChI=1S/C26H32N2O5/c1-5-8-21(18-11-9-17(4)10-12-18)27-25(32)28-23(31)26(6-2,7-3)24(28)33-20-15-13-19(14-16-20)22(29)30/h9-16,21,24H,5-8H2,1-4H3,(H,27,32)(H,29,30)/t21-,24+/m0/s1. The molecule has 2 aromatic carbocycles. The first-order chi connectivity index (χ1) is 15.8. The monoisotopic (exact) mass is 452 g/mol. The molecular formula is C26H32N2O5. The van der Waals surface area contributed by atoms with Crippen LogP contribution in [0.25, 0.3) is 0 Å². The quantitative estimate of drug-likeness (QED) is 0.504. The number of ether oxygens (including phenoxy) is 1. The van der Waals surface area contributed by atoms with E-state index in [0.29, 0.717) is 18.6 Å². The summed E-state index contributed by atoms with van der Waals surface area (Å²) in [5, 5.41) is 12.1. The highest BCUT2D eigenvalue weighted by Gasteiger charge is 2.63. The maximum absolute atomic E-state index is 13.3. The van der Waals surface area contributed by atoms with Gasteiger partial charge >= 0.3 is 12.0 Å².